The Labute approximate surface area is 122 Å². The third-order valence-electron chi connectivity index (χ3n) is 4.07. The number of hydrogen-bond acceptors (Lipinski definition) is 1. The lowest BCUT2D eigenvalue weighted by Crippen LogP contribution is -2.22. The summed E-state index contributed by atoms with van der Waals surface area (Å²) in [6, 6.07) is 0. The highest BCUT2D eigenvalue weighted by Gasteiger charge is 2.14. The molecule has 0 N–H and O–H groups in total. The first-order valence-corrected chi connectivity index (χ1v) is 8.02. The molecular weight excluding hydrogens is 230 g/mol. The van der Waals surface area contributed by atoms with E-state index in [1.54, 1.807) is 0 Å². The highest BCUT2D eigenvalue weighted by molar-refractivity contribution is 4.95. The summed E-state index contributed by atoms with van der Waals surface area (Å²) in [7, 11) is 2.19. The molecule has 114 valence electrons. The Hall–Kier alpha value is -0.460. The van der Waals surface area contributed by atoms with Crippen molar-refractivity contribution in [2.75, 3.05) is 13.6 Å². The Bertz CT molecular complexity index is 247. The van der Waals surface area contributed by atoms with Gasteiger partial charge in [-0.1, -0.05) is 67.4 Å². The van der Waals surface area contributed by atoms with Gasteiger partial charge < -0.3 is 4.90 Å². The van der Waals surface area contributed by atoms with Gasteiger partial charge in [0, 0.05) is 19.3 Å². The molecule has 0 fully saturated rings. The number of allylic oxidation sites excluding steroid dienone is 1. The molecule has 0 heterocycles. The molecule has 1 heteroatoms. The summed E-state index contributed by atoms with van der Waals surface area (Å²) in [6.45, 7) is 19.2. The lowest BCUT2D eigenvalue weighted by molar-refractivity contribution is 0.317. The zero-order valence-electron chi connectivity index (χ0n) is 14.6. The van der Waals surface area contributed by atoms with Crippen LogP contribution in [-0.4, -0.2) is 18.5 Å². The number of unbranched alkanes of at least 4 members (excludes halogenated alkanes) is 2. The third kappa shape index (κ3) is 10.0. The van der Waals surface area contributed by atoms with Crippen LogP contribution in [0.4, 0.5) is 0 Å². The summed E-state index contributed by atoms with van der Waals surface area (Å²) in [5.41, 5.74) is 1.63. The second-order valence-corrected chi connectivity index (χ2v) is 7.80. The maximum Gasteiger partial charge on any atom is 0.0171 e. The summed E-state index contributed by atoms with van der Waals surface area (Å²) >= 11 is 0. The molecule has 0 aliphatic heterocycles. The summed E-state index contributed by atoms with van der Waals surface area (Å²) in [6.07, 6.45) is 6.49. The van der Waals surface area contributed by atoms with E-state index in [0.29, 0.717) is 5.41 Å². The minimum Gasteiger partial charge on any atom is -0.378 e. The Morgan fingerprint density at radius 1 is 1.05 bits per heavy atom. The molecule has 0 bridgehead atoms. The quantitative estimate of drug-likeness (QED) is 0.483. The van der Waals surface area contributed by atoms with E-state index in [1.807, 2.05) is 0 Å². The highest BCUT2D eigenvalue weighted by Crippen LogP contribution is 2.24. The van der Waals surface area contributed by atoms with Crippen molar-refractivity contribution in [3.8, 4) is 0 Å². The number of nitrogens with zero attached hydrogens (tertiary/aromatic N) is 1. The molecule has 0 rings (SSSR count). The second kappa shape index (κ2) is 8.66. The van der Waals surface area contributed by atoms with Crippen LogP contribution in [0.15, 0.2) is 12.3 Å². The molecular formula is C18H37N. The lowest BCUT2D eigenvalue weighted by Gasteiger charge is -2.27. The Morgan fingerprint density at radius 3 is 2.11 bits per heavy atom. The van der Waals surface area contributed by atoms with E-state index in [0.717, 1.165) is 24.8 Å². The zero-order valence-corrected chi connectivity index (χ0v) is 14.6. The van der Waals surface area contributed by atoms with Crippen LogP contribution in [-0.2, 0) is 0 Å². The average Bonchev–Trinajstić information content (AvgIpc) is 2.25. The van der Waals surface area contributed by atoms with Crippen LogP contribution in [0.1, 0.15) is 73.6 Å². The lowest BCUT2D eigenvalue weighted by atomic mass is 9.90. The number of rotatable bonds is 9. The van der Waals surface area contributed by atoms with E-state index in [1.165, 1.54) is 31.4 Å². The Morgan fingerprint density at radius 2 is 1.63 bits per heavy atom. The van der Waals surface area contributed by atoms with E-state index in [2.05, 4.69) is 60.1 Å². The largest absolute Gasteiger partial charge is 0.378 e. The Balaban J connectivity index is 3.69. The molecule has 0 aliphatic rings. The first kappa shape index (κ1) is 18.5. The van der Waals surface area contributed by atoms with Crippen molar-refractivity contribution in [2.45, 2.75) is 73.6 Å². The van der Waals surface area contributed by atoms with Gasteiger partial charge in [-0.2, -0.15) is 0 Å². The van der Waals surface area contributed by atoms with Gasteiger partial charge in [0.15, 0.2) is 0 Å². The SMILES string of the molecule is C=C(CC(C)(C)C)N(C)CCCCCC(C)C(C)C. The summed E-state index contributed by atoms with van der Waals surface area (Å²) < 4.78 is 0. The smallest absolute Gasteiger partial charge is 0.0171 e. The van der Waals surface area contributed by atoms with E-state index in [9.17, 15) is 0 Å². The fourth-order valence-corrected chi connectivity index (χ4v) is 2.23. The maximum absolute atomic E-state index is 4.22. The van der Waals surface area contributed by atoms with Crippen molar-refractivity contribution < 1.29 is 0 Å². The van der Waals surface area contributed by atoms with Crippen molar-refractivity contribution in [2.24, 2.45) is 17.3 Å². The predicted molar refractivity (Wildman–Crippen MR) is 88.3 cm³/mol. The Kier molecular flexibility index (Phi) is 8.45. The predicted octanol–water partition coefficient (Wildman–Crippen LogP) is 5.72. The molecule has 0 aromatic carbocycles. The van der Waals surface area contributed by atoms with Crippen molar-refractivity contribution in [1.29, 1.82) is 0 Å². The summed E-state index contributed by atoms with van der Waals surface area (Å²) in [5.74, 6) is 1.70. The molecule has 1 nitrogen and oxygen atoms in total. The van der Waals surface area contributed by atoms with Gasteiger partial charge in [-0.05, 0) is 30.1 Å². The van der Waals surface area contributed by atoms with Crippen molar-refractivity contribution >= 4 is 0 Å². The van der Waals surface area contributed by atoms with Crippen LogP contribution >= 0.6 is 0 Å². The van der Waals surface area contributed by atoms with Gasteiger partial charge in [-0.15, -0.1) is 0 Å². The van der Waals surface area contributed by atoms with Gasteiger partial charge in [-0.3, -0.25) is 0 Å². The average molecular weight is 268 g/mol. The fraction of sp³-hybridized carbons (Fsp3) is 0.889. The second-order valence-electron chi connectivity index (χ2n) is 7.80. The molecule has 0 aliphatic carbocycles. The molecule has 1 atom stereocenters. The van der Waals surface area contributed by atoms with Gasteiger partial charge in [0.2, 0.25) is 0 Å². The van der Waals surface area contributed by atoms with Crippen molar-refractivity contribution in [3.63, 3.8) is 0 Å². The topological polar surface area (TPSA) is 3.24 Å². The summed E-state index contributed by atoms with van der Waals surface area (Å²) in [4.78, 5) is 2.34. The normalized spacial score (nSPS) is 13.7. The molecule has 0 aromatic heterocycles. The maximum atomic E-state index is 4.22. The molecule has 1 unspecified atom stereocenters. The molecule has 0 spiro atoms. The molecule has 0 radical (unpaired) electrons. The zero-order chi connectivity index (χ0) is 15.1. The van der Waals surface area contributed by atoms with Gasteiger partial charge in [-0.25, -0.2) is 0 Å². The van der Waals surface area contributed by atoms with E-state index in [-0.39, 0.29) is 0 Å². The summed E-state index contributed by atoms with van der Waals surface area (Å²) in [5, 5.41) is 0. The van der Waals surface area contributed by atoms with E-state index >= 15 is 0 Å². The third-order valence-corrected chi connectivity index (χ3v) is 4.07. The van der Waals surface area contributed by atoms with Crippen LogP contribution in [0.25, 0.3) is 0 Å². The fourth-order valence-electron chi connectivity index (χ4n) is 2.23. The molecule has 0 aromatic rings. The number of hydrogen-bond donors (Lipinski definition) is 0. The molecule has 0 saturated carbocycles. The standard InChI is InChI=1S/C18H37N/c1-15(2)16(3)12-10-9-11-13-19(8)17(4)14-18(5,6)7/h15-16H,4,9-14H2,1-3,5-8H3. The molecule has 0 saturated heterocycles. The van der Waals surface area contributed by atoms with Gasteiger partial charge in [0.05, 0.1) is 0 Å². The first-order valence-electron chi connectivity index (χ1n) is 8.02. The minimum atomic E-state index is 0.345. The highest BCUT2D eigenvalue weighted by atomic mass is 15.1. The van der Waals surface area contributed by atoms with E-state index < -0.39 is 0 Å². The van der Waals surface area contributed by atoms with Crippen LogP contribution in [0.2, 0.25) is 0 Å². The van der Waals surface area contributed by atoms with Crippen LogP contribution in [0.5, 0.6) is 0 Å². The molecule has 0 amide bonds. The van der Waals surface area contributed by atoms with Crippen LogP contribution in [0, 0.1) is 17.3 Å². The van der Waals surface area contributed by atoms with Gasteiger partial charge in [0.25, 0.3) is 0 Å². The van der Waals surface area contributed by atoms with Crippen LogP contribution < -0.4 is 0 Å². The molecule has 19 heavy (non-hydrogen) atoms. The first-order chi connectivity index (χ1) is 8.63. The van der Waals surface area contributed by atoms with Gasteiger partial charge >= 0.3 is 0 Å². The van der Waals surface area contributed by atoms with E-state index in [4.69, 9.17) is 0 Å². The van der Waals surface area contributed by atoms with Crippen molar-refractivity contribution in [3.05, 3.63) is 12.3 Å². The van der Waals surface area contributed by atoms with Crippen LogP contribution in [0.3, 0.4) is 0 Å². The van der Waals surface area contributed by atoms with Gasteiger partial charge in [0.1, 0.15) is 0 Å². The van der Waals surface area contributed by atoms with Crippen molar-refractivity contribution in [1.82, 2.24) is 4.90 Å². The minimum absolute atomic E-state index is 0.345. The monoisotopic (exact) mass is 267 g/mol.